The number of aryl methyl sites for hydroxylation is 1. The van der Waals surface area contributed by atoms with E-state index in [1.807, 2.05) is 38.1 Å². The third kappa shape index (κ3) is 5.71. The van der Waals surface area contributed by atoms with Gasteiger partial charge in [0.25, 0.3) is 0 Å². The maximum Gasteiger partial charge on any atom is 0.225 e. The molecule has 0 fully saturated rings. The van der Waals surface area contributed by atoms with Gasteiger partial charge in [-0.25, -0.2) is 0 Å². The summed E-state index contributed by atoms with van der Waals surface area (Å²) in [6, 6.07) is 10.1. The molecule has 29 heavy (non-hydrogen) atoms. The molecule has 0 saturated carbocycles. The number of amides is 1. The van der Waals surface area contributed by atoms with Crippen LogP contribution < -0.4 is 10.1 Å². The van der Waals surface area contributed by atoms with E-state index >= 15 is 0 Å². The molecule has 0 atom stereocenters. The standard InChI is InChI=1S/C21H24ClN3O2.C2H6/c22-18-5-3-4-16-14-25(12-10-17(16)18)11-1-2-13-27-20-9-7-15-6-8-19(26)23-21(15)24-20;1-2/h3-5,7,9H,1-2,6,8,10-14H2,(H,23,24,26);1-2H3. The zero-order valence-corrected chi connectivity index (χ0v) is 18.1. The number of ether oxygens (including phenoxy) is 1. The third-order valence-corrected chi connectivity index (χ3v) is 5.59. The molecule has 1 aromatic carbocycles. The van der Waals surface area contributed by atoms with Crippen molar-refractivity contribution in [2.45, 2.75) is 52.5 Å². The lowest BCUT2D eigenvalue weighted by atomic mass is 9.99. The first-order chi connectivity index (χ1) is 14.2. The molecular weight excluding hydrogens is 386 g/mol. The number of nitrogens with zero attached hydrogens (tertiary/aromatic N) is 2. The van der Waals surface area contributed by atoms with E-state index < -0.39 is 0 Å². The van der Waals surface area contributed by atoms with Crippen molar-refractivity contribution in [3.8, 4) is 5.88 Å². The minimum absolute atomic E-state index is 0.0246. The molecule has 0 spiro atoms. The molecule has 6 heteroatoms. The third-order valence-electron chi connectivity index (χ3n) is 5.24. The number of benzene rings is 1. The summed E-state index contributed by atoms with van der Waals surface area (Å²) in [5.74, 6) is 1.25. The van der Waals surface area contributed by atoms with Gasteiger partial charge >= 0.3 is 0 Å². The maximum absolute atomic E-state index is 11.5. The molecule has 156 valence electrons. The second kappa shape index (κ2) is 10.6. The Morgan fingerprint density at radius 1 is 1.10 bits per heavy atom. The first-order valence-electron chi connectivity index (χ1n) is 10.6. The van der Waals surface area contributed by atoms with Gasteiger partial charge in [-0.2, -0.15) is 4.98 Å². The molecule has 1 amide bonds. The number of pyridine rings is 1. The SMILES string of the molecule is CC.O=C1CCc2ccc(OCCCCN3CCc4c(Cl)cccc4C3)nc2N1. The number of rotatable bonds is 6. The number of nitrogens with one attached hydrogen (secondary N) is 1. The highest BCUT2D eigenvalue weighted by Gasteiger charge is 2.18. The van der Waals surface area contributed by atoms with Gasteiger partial charge in [-0.1, -0.05) is 37.6 Å². The van der Waals surface area contributed by atoms with Crippen molar-refractivity contribution in [3.05, 3.63) is 52.0 Å². The van der Waals surface area contributed by atoms with Gasteiger partial charge in [0.15, 0.2) is 0 Å². The Balaban J connectivity index is 0.00000117. The summed E-state index contributed by atoms with van der Waals surface area (Å²) in [6.07, 6.45) is 4.36. The molecule has 2 aliphatic heterocycles. The second-order valence-electron chi connectivity index (χ2n) is 7.16. The van der Waals surface area contributed by atoms with E-state index in [4.69, 9.17) is 16.3 Å². The van der Waals surface area contributed by atoms with Crippen LogP contribution in [-0.2, 0) is 24.2 Å². The minimum atomic E-state index is 0.0246. The van der Waals surface area contributed by atoms with Crippen LogP contribution in [0.3, 0.4) is 0 Å². The monoisotopic (exact) mass is 415 g/mol. The number of anilines is 1. The number of hydrogen-bond donors (Lipinski definition) is 1. The van der Waals surface area contributed by atoms with Gasteiger partial charge in [0.2, 0.25) is 11.8 Å². The van der Waals surface area contributed by atoms with Crippen molar-refractivity contribution in [2.75, 3.05) is 25.0 Å². The van der Waals surface area contributed by atoms with Crippen LogP contribution in [0.25, 0.3) is 0 Å². The Kier molecular flexibility index (Phi) is 7.90. The normalized spacial score (nSPS) is 15.5. The number of carbonyl (C=O) groups is 1. The van der Waals surface area contributed by atoms with E-state index in [0.717, 1.165) is 55.9 Å². The molecule has 0 bridgehead atoms. The zero-order chi connectivity index (χ0) is 20.6. The van der Waals surface area contributed by atoms with Gasteiger partial charge in [0, 0.05) is 30.6 Å². The summed E-state index contributed by atoms with van der Waals surface area (Å²) in [6.45, 7) is 7.73. The Bertz CT molecular complexity index is 841. The highest BCUT2D eigenvalue weighted by atomic mass is 35.5. The lowest BCUT2D eigenvalue weighted by Crippen LogP contribution is -2.31. The fourth-order valence-corrected chi connectivity index (χ4v) is 4.02. The van der Waals surface area contributed by atoms with E-state index in [1.165, 1.54) is 11.1 Å². The molecule has 2 aromatic rings. The average molecular weight is 416 g/mol. The molecular formula is C23H30ClN3O2. The number of aromatic nitrogens is 1. The molecule has 1 N–H and O–H groups in total. The van der Waals surface area contributed by atoms with Crippen LogP contribution in [0.15, 0.2) is 30.3 Å². The summed E-state index contributed by atoms with van der Waals surface area (Å²) in [5.41, 5.74) is 3.74. The molecule has 1 aromatic heterocycles. The van der Waals surface area contributed by atoms with Crippen LogP contribution in [-0.4, -0.2) is 35.5 Å². The molecule has 2 aliphatic rings. The maximum atomic E-state index is 11.5. The van der Waals surface area contributed by atoms with E-state index in [1.54, 1.807) is 0 Å². The van der Waals surface area contributed by atoms with Crippen molar-refractivity contribution < 1.29 is 9.53 Å². The van der Waals surface area contributed by atoms with Gasteiger partial charge in [-0.15, -0.1) is 0 Å². The lowest BCUT2D eigenvalue weighted by molar-refractivity contribution is -0.116. The van der Waals surface area contributed by atoms with Crippen LogP contribution in [0.4, 0.5) is 5.82 Å². The summed E-state index contributed by atoms with van der Waals surface area (Å²) in [7, 11) is 0. The first kappa shape index (κ1) is 21.6. The van der Waals surface area contributed by atoms with E-state index in [0.29, 0.717) is 24.7 Å². The van der Waals surface area contributed by atoms with Crippen molar-refractivity contribution in [1.29, 1.82) is 0 Å². The average Bonchev–Trinajstić information content (AvgIpc) is 2.75. The number of fused-ring (bicyclic) bond motifs is 2. The topological polar surface area (TPSA) is 54.5 Å². The molecule has 4 rings (SSSR count). The smallest absolute Gasteiger partial charge is 0.225 e. The van der Waals surface area contributed by atoms with Crippen molar-refractivity contribution in [3.63, 3.8) is 0 Å². The molecule has 0 unspecified atom stereocenters. The first-order valence-corrected chi connectivity index (χ1v) is 11.0. The Labute approximate surface area is 178 Å². The van der Waals surface area contributed by atoms with Crippen LogP contribution in [0.1, 0.15) is 49.8 Å². The van der Waals surface area contributed by atoms with E-state index in [9.17, 15) is 4.79 Å². The molecule has 0 saturated heterocycles. The van der Waals surface area contributed by atoms with Gasteiger partial charge in [-0.3, -0.25) is 9.69 Å². The van der Waals surface area contributed by atoms with Crippen LogP contribution in [0.2, 0.25) is 5.02 Å². The molecule has 5 nitrogen and oxygen atoms in total. The van der Waals surface area contributed by atoms with Crippen molar-refractivity contribution >= 4 is 23.3 Å². The second-order valence-corrected chi connectivity index (χ2v) is 7.57. The number of carbonyl (C=O) groups excluding carboxylic acids is 1. The Morgan fingerprint density at radius 3 is 2.83 bits per heavy atom. The van der Waals surface area contributed by atoms with Crippen molar-refractivity contribution in [1.82, 2.24) is 9.88 Å². The van der Waals surface area contributed by atoms with Gasteiger partial charge < -0.3 is 10.1 Å². The number of hydrogen-bond acceptors (Lipinski definition) is 4. The molecule has 3 heterocycles. The van der Waals surface area contributed by atoms with Crippen LogP contribution in [0, 0.1) is 0 Å². The van der Waals surface area contributed by atoms with Crippen LogP contribution >= 0.6 is 11.6 Å². The quantitative estimate of drug-likeness (QED) is 0.684. The summed E-state index contributed by atoms with van der Waals surface area (Å²) in [5, 5.41) is 3.71. The highest BCUT2D eigenvalue weighted by Crippen LogP contribution is 2.26. The Hall–Kier alpha value is -2.11. The van der Waals surface area contributed by atoms with Gasteiger partial charge in [0.1, 0.15) is 5.82 Å². The fraction of sp³-hybridized carbons (Fsp3) is 0.478. The lowest BCUT2D eigenvalue weighted by Gasteiger charge is -2.29. The highest BCUT2D eigenvalue weighted by molar-refractivity contribution is 6.31. The van der Waals surface area contributed by atoms with E-state index in [-0.39, 0.29) is 5.91 Å². The number of unbranched alkanes of at least 4 members (excludes halogenated alkanes) is 1. The number of halogens is 1. The van der Waals surface area contributed by atoms with Gasteiger partial charge in [-0.05, 0) is 61.1 Å². The Morgan fingerprint density at radius 2 is 1.97 bits per heavy atom. The molecule has 0 aliphatic carbocycles. The summed E-state index contributed by atoms with van der Waals surface area (Å²) < 4.78 is 5.77. The predicted molar refractivity (Wildman–Crippen MR) is 118 cm³/mol. The van der Waals surface area contributed by atoms with Gasteiger partial charge in [0.05, 0.1) is 6.61 Å². The largest absolute Gasteiger partial charge is 0.478 e. The predicted octanol–water partition coefficient (Wildman–Crippen LogP) is 4.86. The van der Waals surface area contributed by atoms with Crippen LogP contribution in [0.5, 0.6) is 5.88 Å². The van der Waals surface area contributed by atoms with E-state index in [2.05, 4.69) is 21.3 Å². The summed E-state index contributed by atoms with van der Waals surface area (Å²) in [4.78, 5) is 18.4. The van der Waals surface area contributed by atoms with Crippen molar-refractivity contribution in [2.24, 2.45) is 0 Å². The minimum Gasteiger partial charge on any atom is -0.478 e. The zero-order valence-electron chi connectivity index (χ0n) is 17.3. The molecule has 0 radical (unpaired) electrons. The summed E-state index contributed by atoms with van der Waals surface area (Å²) >= 11 is 6.28. The fourth-order valence-electron chi connectivity index (χ4n) is 3.73.